The zero-order valence-electron chi connectivity index (χ0n) is 11.3. The quantitative estimate of drug-likeness (QED) is 0.796. The van der Waals surface area contributed by atoms with Crippen LogP contribution in [0.1, 0.15) is 0 Å². The average molecular weight is 284 g/mol. The molecule has 0 aliphatic rings. The highest BCUT2D eigenvalue weighted by molar-refractivity contribution is 5.86. The molecule has 1 heterocycles. The van der Waals surface area contributed by atoms with Crippen LogP contribution in [-0.4, -0.2) is 12.3 Å². The zero-order chi connectivity index (χ0) is 14.8. The SMILES string of the molecule is COc1ccc(-c2c(N)noc2-c2cccc(F)c2)cc1. The van der Waals surface area contributed by atoms with E-state index in [9.17, 15) is 4.39 Å². The molecule has 0 radical (unpaired) electrons. The first kappa shape index (κ1) is 13.2. The third-order valence-corrected chi connectivity index (χ3v) is 3.18. The smallest absolute Gasteiger partial charge is 0.177 e. The van der Waals surface area contributed by atoms with Crippen LogP contribution >= 0.6 is 0 Å². The number of nitrogens with zero attached hydrogens (tertiary/aromatic N) is 1. The topological polar surface area (TPSA) is 61.3 Å². The summed E-state index contributed by atoms with van der Waals surface area (Å²) in [5.41, 5.74) is 7.95. The molecule has 0 saturated carbocycles. The molecule has 0 atom stereocenters. The number of methoxy groups -OCH3 is 1. The molecule has 2 aromatic carbocycles. The fourth-order valence-corrected chi connectivity index (χ4v) is 2.17. The molecule has 2 N–H and O–H groups in total. The molecule has 21 heavy (non-hydrogen) atoms. The van der Waals surface area contributed by atoms with E-state index in [1.807, 2.05) is 24.3 Å². The van der Waals surface area contributed by atoms with Gasteiger partial charge in [-0.15, -0.1) is 0 Å². The Labute approximate surface area is 120 Å². The van der Waals surface area contributed by atoms with Gasteiger partial charge in [0.05, 0.1) is 12.7 Å². The van der Waals surface area contributed by atoms with E-state index >= 15 is 0 Å². The standard InChI is InChI=1S/C16H13FN2O2/c1-20-13-7-5-10(6-8-13)14-15(21-19-16(14)18)11-3-2-4-12(17)9-11/h2-9H,1H3,(H2,18,19). The van der Waals surface area contributed by atoms with Gasteiger partial charge in [-0.25, -0.2) is 4.39 Å². The molecule has 0 amide bonds. The summed E-state index contributed by atoms with van der Waals surface area (Å²) in [5, 5.41) is 3.79. The van der Waals surface area contributed by atoms with Crippen LogP contribution in [0, 0.1) is 5.82 Å². The Morgan fingerprint density at radius 2 is 1.86 bits per heavy atom. The number of anilines is 1. The van der Waals surface area contributed by atoms with Gasteiger partial charge in [-0.1, -0.05) is 29.4 Å². The van der Waals surface area contributed by atoms with Crippen LogP contribution in [0.4, 0.5) is 10.2 Å². The van der Waals surface area contributed by atoms with E-state index in [1.165, 1.54) is 12.1 Å². The fourth-order valence-electron chi connectivity index (χ4n) is 2.17. The second kappa shape index (κ2) is 5.28. The van der Waals surface area contributed by atoms with Crippen LogP contribution in [0.15, 0.2) is 53.1 Å². The summed E-state index contributed by atoms with van der Waals surface area (Å²) in [7, 11) is 1.60. The van der Waals surface area contributed by atoms with Gasteiger partial charge < -0.3 is 15.0 Å². The van der Waals surface area contributed by atoms with Gasteiger partial charge in [-0.2, -0.15) is 0 Å². The summed E-state index contributed by atoms with van der Waals surface area (Å²) < 4.78 is 23.8. The summed E-state index contributed by atoms with van der Waals surface area (Å²) in [6, 6.07) is 13.4. The maximum Gasteiger partial charge on any atom is 0.177 e. The highest BCUT2D eigenvalue weighted by atomic mass is 19.1. The molecule has 1 aromatic heterocycles. The van der Waals surface area contributed by atoms with Gasteiger partial charge in [0.15, 0.2) is 11.6 Å². The zero-order valence-corrected chi connectivity index (χ0v) is 11.3. The maximum atomic E-state index is 13.4. The molecule has 0 bridgehead atoms. The van der Waals surface area contributed by atoms with Crippen LogP contribution in [0.2, 0.25) is 0 Å². The van der Waals surface area contributed by atoms with Gasteiger partial charge >= 0.3 is 0 Å². The normalized spacial score (nSPS) is 10.6. The van der Waals surface area contributed by atoms with Gasteiger partial charge in [0.1, 0.15) is 11.6 Å². The number of aromatic nitrogens is 1. The van der Waals surface area contributed by atoms with Crippen LogP contribution in [-0.2, 0) is 0 Å². The lowest BCUT2D eigenvalue weighted by atomic mass is 10.0. The Balaban J connectivity index is 2.12. The maximum absolute atomic E-state index is 13.4. The largest absolute Gasteiger partial charge is 0.497 e. The molecule has 106 valence electrons. The highest BCUT2D eigenvalue weighted by Crippen LogP contribution is 2.37. The minimum Gasteiger partial charge on any atom is -0.497 e. The van der Waals surface area contributed by atoms with Crippen molar-refractivity contribution in [2.75, 3.05) is 12.8 Å². The van der Waals surface area contributed by atoms with Crippen LogP contribution < -0.4 is 10.5 Å². The Kier molecular flexibility index (Phi) is 3.31. The molecule has 3 aromatic rings. The molecule has 5 heteroatoms. The Hall–Kier alpha value is -2.82. The molecule has 0 spiro atoms. The van der Waals surface area contributed by atoms with E-state index in [0.29, 0.717) is 16.9 Å². The first-order valence-corrected chi connectivity index (χ1v) is 6.34. The van der Waals surface area contributed by atoms with Crippen molar-refractivity contribution in [3.05, 3.63) is 54.3 Å². The van der Waals surface area contributed by atoms with Gasteiger partial charge in [0.25, 0.3) is 0 Å². The second-order valence-corrected chi connectivity index (χ2v) is 4.51. The number of nitrogens with two attached hydrogens (primary N) is 1. The Morgan fingerprint density at radius 1 is 1.10 bits per heavy atom. The third-order valence-electron chi connectivity index (χ3n) is 3.18. The number of benzene rings is 2. The summed E-state index contributed by atoms with van der Waals surface area (Å²) >= 11 is 0. The fraction of sp³-hybridized carbons (Fsp3) is 0.0625. The number of hydrogen-bond acceptors (Lipinski definition) is 4. The summed E-state index contributed by atoms with van der Waals surface area (Å²) in [5.74, 6) is 1.10. The second-order valence-electron chi connectivity index (χ2n) is 4.51. The Bertz CT molecular complexity index is 766. The van der Waals surface area contributed by atoms with E-state index in [2.05, 4.69) is 5.16 Å². The molecular formula is C16H13FN2O2. The van der Waals surface area contributed by atoms with E-state index in [0.717, 1.165) is 11.3 Å². The lowest BCUT2D eigenvalue weighted by Crippen LogP contribution is -1.89. The minimum absolute atomic E-state index is 0.263. The summed E-state index contributed by atoms with van der Waals surface area (Å²) in [4.78, 5) is 0. The van der Waals surface area contributed by atoms with Gasteiger partial charge in [0, 0.05) is 5.56 Å². The van der Waals surface area contributed by atoms with Crippen LogP contribution in [0.25, 0.3) is 22.5 Å². The van der Waals surface area contributed by atoms with E-state index in [-0.39, 0.29) is 11.6 Å². The van der Waals surface area contributed by atoms with Gasteiger partial charge in [-0.3, -0.25) is 0 Å². The van der Waals surface area contributed by atoms with Crippen molar-refractivity contribution in [1.82, 2.24) is 5.16 Å². The molecule has 0 aliphatic carbocycles. The predicted molar refractivity (Wildman–Crippen MR) is 78.3 cm³/mol. The van der Waals surface area contributed by atoms with Crippen LogP contribution in [0.5, 0.6) is 5.75 Å². The van der Waals surface area contributed by atoms with Crippen molar-refractivity contribution in [3.8, 4) is 28.2 Å². The number of nitrogen functional groups attached to an aromatic ring is 1. The molecular weight excluding hydrogens is 271 g/mol. The molecule has 0 unspecified atom stereocenters. The van der Waals surface area contributed by atoms with E-state index in [1.54, 1.807) is 19.2 Å². The molecule has 4 nitrogen and oxygen atoms in total. The number of ether oxygens (including phenoxy) is 1. The van der Waals surface area contributed by atoms with Crippen molar-refractivity contribution in [3.63, 3.8) is 0 Å². The lowest BCUT2D eigenvalue weighted by Gasteiger charge is -2.04. The molecule has 0 fully saturated rings. The monoisotopic (exact) mass is 284 g/mol. The minimum atomic E-state index is -0.344. The number of hydrogen-bond donors (Lipinski definition) is 1. The van der Waals surface area contributed by atoms with Crippen molar-refractivity contribution < 1.29 is 13.7 Å². The van der Waals surface area contributed by atoms with E-state index < -0.39 is 0 Å². The summed E-state index contributed by atoms with van der Waals surface area (Å²) in [6.45, 7) is 0. The van der Waals surface area contributed by atoms with Gasteiger partial charge in [-0.05, 0) is 29.8 Å². The molecule has 3 rings (SSSR count). The first-order chi connectivity index (χ1) is 10.2. The van der Waals surface area contributed by atoms with E-state index in [4.69, 9.17) is 15.0 Å². The molecule has 0 saturated heterocycles. The van der Waals surface area contributed by atoms with Crippen molar-refractivity contribution in [2.24, 2.45) is 0 Å². The first-order valence-electron chi connectivity index (χ1n) is 6.34. The van der Waals surface area contributed by atoms with Gasteiger partial charge in [0.2, 0.25) is 0 Å². The lowest BCUT2D eigenvalue weighted by molar-refractivity contribution is 0.415. The number of rotatable bonds is 3. The van der Waals surface area contributed by atoms with Crippen molar-refractivity contribution in [1.29, 1.82) is 0 Å². The third kappa shape index (κ3) is 2.45. The van der Waals surface area contributed by atoms with Crippen LogP contribution in [0.3, 0.4) is 0 Å². The molecule has 0 aliphatic heterocycles. The predicted octanol–water partition coefficient (Wildman–Crippen LogP) is 3.74. The average Bonchev–Trinajstić information content (AvgIpc) is 2.89. The van der Waals surface area contributed by atoms with Crippen molar-refractivity contribution >= 4 is 5.82 Å². The van der Waals surface area contributed by atoms with Crippen molar-refractivity contribution in [2.45, 2.75) is 0 Å². The summed E-state index contributed by atoms with van der Waals surface area (Å²) in [6.07, 6.45) is 0. The number of halogens is 1. The highest BCUT2D eigenvalue weighted by Gasteiger charge is 2.18. The Morgan fingerprint density at radius 3 is 2.52 bits per heavy atom.